The van der Waals surface area contributed by atoms with Crippen LogP contribution >= 0.6 is 0 Å². The zero-order chi connectivity index (χ0) is 8.97. The van der Waals surface area contributed by atoms with E-state index < -0.39 is 0 Å². The first-order valence-corrected chi connectivity index (χ1v) is 4.31. The average Bonchev–Trinajstić information content (AvgIpc) is 2.16. The maximum Gasteiger partial charge on any atom is 0.150 e. The van der Waals surface area contributed by atoms with Crippen LogP contribution in [0.1, 0.15) is 25.0 Å². The van der Waals surface area contributed by atoms with Gasteiger partial charge >= 0.3 is 0 Å². The van der Waals surface area contributed by atoms with Crippen LogP contribution in [0.4, 0.5) is 0 Å². The molecule has 0 aliphatic carbocycles. The van der Waals surface area contributed by atoms with E-state index in [2.05, 4.69) is 19.9 Å². The van der Waals surface area contributed by atoms with Gasteiger partial charge in [0.15, 0.2) is 0 Å². The van der Waals surface area contributed by atoms with Gasteiger partial charge in [-0.05, 0) is 30.0 Å². The molecule has 1 aromatic rings. The zero-order valence-electron chi connectivity index (χ0n) is 7.63. The summed E-state index contributed by atoms with van der Waals surface area (Å²) in [4.78, 5) is 4.78. The first-order valence-electron chi connectivity index (χ1n) is 4.31. The minimum absolute atomic E-state index is 0.803. The molecule has 0 fully saturated rings. The molecule has 1 rings (SSSR count). The predicted molar refractivity (Wildman–Crippen MR) is 50.0 cm³/mol. The maximum atomic E-state index is 5.15. The molecule has 0 bridgehead atoms. The van der Waals surface area contributed by atoms with Crippen LogP contribution in [0.25, 0.3) is 0 Å². The van der Waals surface area contributed by atoms with E-state index in [4.69, 9.17) is 10.7 Å². The average molecular weight is 165 g/mol. The number of rotatable bonds is 3. The van der Waals surface area contributed by atoms with Crippen molar-refractivity contribution in [2.75, 3.05) is 0 Å². The van der Waals surface area contributed by atoms with Crippen LogP contribution in [-0.4, -0.2) is 0 Å². The van der Waals surface area contributed by atoms with E-state index in [1.807, 2.05) is 12.1 Å². The molecule has 0 amide bonds. The molecule has 0 unspecified atom stereocenters. The lowest BCUT2D eigenvalue weighted by molar-refractivity contribution is 0.330. The van der Waals surface area contributed by atoms with Crippen LogP contribution in [0, 0.1) is 0 Å². The highest BCUT2D eigenvalue weighted by molar-refractivity contribution is 5.40. The van der Waals surface area contributed by atoms with Crippen molar-refractivity contribution >= 4 is 0 Å². The molecule has 66 valence electrons. The Hall–Kier alpha value is -1.02. The lowest BCUT2D eigenvalue weighted by atomic mass is 10.0. The molecule has 1 aromatic carbocycles. The zero-order valence-corrected chi connectivity index (χ0v) is 7.63. The van der Waals surface area contributed by atoms with Crippen LogP contribution in [-0.2, 0) is 12.8 Å². The molecule has 0 atom stereocenters. The van der Waals surface area contributed by atoms with Crippen molar-refractivity contribution in [2.24, 2.45) is 5.90 Å². The van der Waals surface area contributed by atoms with E-state index in [0.717, 1.165) is 18.6 Å². The Morgan fingerprint density at radius 3 is 2.50 bits per heavy atom. The van der Waals surface area contributed by atoms with Gasteiger partial charge in [-0.3, -0.25) is 0 Å². The molecule has 0 aromatic heterocycles. The lowest BCUT2D eigenvalue weighted by Crippen LogP contribution is -2.05. The van der Waals surface area contributed by atoms with Gasteiger partial charge in [0.25, 0.3) is 0 Å². The van der Waals surface area contributed by atoms with E-state index in [0.29, 0.717) is 0 Å². The summed E-state index contributed by atoms with van der Waals surface area (Å²) in [6.45, 7) is 4.24. The molecule has 0 spiro atoms. The van der Waals surface area contributed by atoms with Gasteiger partial charge in [0.05, 0.1) is 0 Å². The Morgan fingerprint density at radius 2 is 2.00 bits per heavy atom. The summed E-state index contributed by atoms with van der Waals surface area (Å²) in [5.74, 6) is 5.95. The van der Waals surface area contributed by atoms with Gasteiger partial charge in [-0.25, -0.2) is 0 Å². The highest BCUT2D eigenvalue weighted by atomic mass is 16.6. The molecule has 0 radical (unpaired) electrons. The van der Waals surface area contributed by atoms with Crippen molar-refractivity contribution in [1.29, 1.82) is 0 Å². The van der Waals surface area contributed by atoms with Crippen molar-refractivity contribution in [3.8, 4) is 5.75 Å². The molecule has 2 nitrogen and oxygen atoms in total. The molecule has 2 N–H and O–H groups in total. The fourth-order valence-corrected chi connectivity index (χ4v) is 1.45. The van der Waals surface area contributed by atoms with Gasteiger partial charge < -0.3 is 4.84 Å². The highest BCUT2D eigenvalue weighted by Crippen LogP contribution is 2.22. The monoisotopic (exact) mass is 165 g/mol. The van der Waals surface area contributed by atoms with E-state index >= 15 is 0 Å². The Bertz CT molecular complexity index is 236. The first kappa shape index (κ1) is 9.07. The Labute approximate surface area is 73.3 Å². The topological polar surface area (TPSA) is 35.2 Å². The normalized spacial score (nSPS) is 9.92. The smallest absolute Gasteiger partial charge is 0.150 e. The van der Waals surface area contributed by atoms with Gasteiger partial charge in [-0.2, -0.15) is 5.90 Å². The van der Waals surface area contributed by atoms with E-state index in [9.17, 15) is 0 Å². The Balaban J connectivity index is 3.13. The second kappa shape index (κ2) is 4.12. The maximum absolute atomic E-state index is 5.15. The predicted octanol–water partition coefficient (Wildman–Crippen LogP) is 2.06. The molecule has 0 saturated carbocycles. The fourth-order valence-electron chi connectivity index (χ4n) is 1.45. The molecule has 12 heavy (non-hydrogen) atoms. The number of hydrogen-bond donors (Lipinski definition) is 1. The number of hydrogen-bond acceptors (Lipinski definition) is 2. The van der Waals surface area contributed by atoms with Crippen LogP contribution in [0.5, 0.6) is 5.75 Å². The lowest BCUT2D eigenvalue weighted by Gasteiger charge is -2.09. The van der Waals surface area contributed by atoms with Crippen LogP contribution in [0.15, 0.2) is 18.2 Å². The number of benzene rings is 1. The minimum Gasteiger partial charge on any atom is -0.411 e. The molecular formula is C10H15NO. The van der Waals surface area contributed by atoms with Crippen LogP contribution in [0.3, 0.4) is 0 Å². The third-order valence-corrected chi connectivity index (χ3v) is 2.09. The molecule has 0 aliphatic heterocycles. The Morgan fingerprint density at radius 1 is 1.25 bits per heavy atom. The van der Waals surface area contributed by atoms with Crippen LogP contribution < -0.4 is 10.7 Å². The second-order valence-corrected chi connectivity index (χ2v) is 2.72. The first-order chi connectivity index (χ1) is 5.83. The number of aryl methyl sites for hydroxylation is 1. The van der Waals surface area contributed by atoms with Crippen LogP contribution in [0.2, 0.25) is 0 Å². The quantitative estimate of drug-likeness (QED) is 0.696. The summed E-state index contributed by atoms with van der Waals surface area (Å²) in [5, 5.41) is 0. The number of nitrogens with two attached hydrogens (primary N) is 1. The summed E-state index contributed by atoms with van der Waals surface area (Å²) in [5.41, 5.74) is 2.54. The summed E-state index contributed by atoms with van der Waals surface area (Å²) in [7, 11) is 0. The molecule has 0 saturated heterocycles. The summed E-state index contributed by atoms with van der Waals surface area (Å²) < 4.78 is 0. The third kappa shape index (κ3) is 1.59. The van der Waals surface area contributed by atoms with E-state index in [1.165, 1.54) is 11.1 Å². The van der Waals surface area contributed by atoms with Gasteiger partial charge in [0.1, 0.15) is 5.75 Å². The Kier molecular flexibility index (Phi) is 3.11. The van der Waals surface area contributed by atoms with E-state index in [-0.39, 0.29) is 0 Å². The summed E-state index contributed by atoms with van der Waals surface area (Å²) in [6.07, 6.45) is 2.00. The SMILES string of the molecule is CCc1cccc(ON)c1CC. The fraction of sp³-hybridized carbons (Fsp3) is 0.400. The minimum atomic E-state index is 0.803. The third-order valence-electron chi connectivity index (χ3n) is 2.09. The van der Waals surface area contributed by atoms with Crippen molar-refractivity contribution in [3.63, 3.8) is 0 Å². The molecule has 0 heterocycles. The highest BCUT2D eigenvalue weighted by Gasteiger charge is 2.04. The van der Waals surface area contributed by atoms with Crippen molar-refractivity contribution in [2.45, 2.75) is 26.7 Å². The molecule has 2 heteroatoms. The van der Waals surface area contributed by atoms with E-state index in [1.54, 1.807) is 0 Å². The van der Waals surface area contributed by atoms with Gasteiger partial charge in [-0.15, -0.1) is 0 Å². The summed E-state index contributed by atoms with van der Waals surface area (Å²) >= 11 is 0. The van der Waals surface area contributed by atoms with Gasteiger partial charge in [-0.1, -0.05) is 26.0 Å². The molecule has 0 aliphatic rings. The standard InChI is InChI=1S/C10H15NO/c1-3-8-6-5-7-10(12-11)9(8)4-2/h5-7H,3-4,11H2,1-2H3. The second-order valence-electron chi connectivity index (χ2n) is 2.72. The van der Waals surface area contributed by atoms with Crippen molar-refractivity contribution in [1.82, 2.24) is 0 Å². The van der Waals surface area contributed by atoms with Crippen molar-refractivity contribution < 1.29 is 4.84 Å². The van der Waals surface area contributed by atoms with Crippen molar-refractivity contribution in [3.05, 3.63) is 29.3 Å². The molecular weight excluding hydrogens is 150 g/mol. The van der Waals surface area contributed by atoms with Gasteiger partial charge in [0, 0.05) is 0 Å². The largest absolute Gasteiger partial charge is 0.411 e. The summed E-state index contributed by atoms with van der Waals surface area (Å²) in [6, 6.07) is 5.99. The van der Waals surface area contributed by atoms with Gasteiger partial charge in [0.2, 0.25) is 0 Å².